The Morgan fingerprint density at radius 3 is 2.79 bits per heavy atom. The van der Waals surface area contributed by atoms with Gasteiger partial charge in [0.05, 0.1) is 16.0 Å². The number of thiocarbonyl (C=S) groups is 1. The molecule has 5 nitrogen and oxygen atoms in total. The number of nitro benzene ring substituents is 1. The highest BCUT2D eigenvalue weighted by molar-refractivity contribution is 8.02. The van der Waals surface area contributed by atoms with Gasteiger partial charge in [-0.25, -0.2) is 4.99 Å². The zero-order valence-electron chi connectivity index (χ0n) is 9.91. The number of non-ortho nitro benzene ring substituents is 1. The van der Waals surface area contributed by atoms with Gasteiger partial charge in [-0.05, 0) is 23.2 Å². The monoisotopic (exact) mass is 293 g/mol. The Bertz CT molecular complexity index is 551. The molecule has 0 saturated heterocycles. The van der Waals surface area contributed by atoms with E-state index in [0.29, 0.717) is 6.42 Å². The summed E-state index contributed by atoms with van der Waals surface area (Å²) in [6, 6.07) is 6.38. The molecule has 0 unspecified atom stereocenters. The smallest absolute Gasteiger partial charge is 0.269 e. The molecule has 1 atom stereocenters. The van der Waals surface area contributed by atoms with Crippen molar-refractivity contribution in [2.75, 3.05) is 5.88 Å². The second-order valence-corrected chi connectivity index (χ2v) is 4.97. The number of aliphatic imine (C=N–C) groups is 1. The summed E-state index contributed by atoms with van der Waals surface area (Å²) in [6.07, 6.45) is 0.640. The maximum absolute atomic E-state index is 10.6. The van der Waals surface area contributed by atoms with Gasteiger partial charge in [0.15, 0.2) is 0 Å². The summed E-state index contributed by atoms with van der Waals surface area (Å²) >= 11 is 6.34. The molecule has 0 aromatic heterocycles. The highest BCUT2D eigenvalue weighted by Crippen LogP contribution is 2.21. The largest absolute Gasteiger partial charge is 0.377 e. The van der Waals surface area contributed by atoms with Gasteiger partial charge in [0.2, 0.25) is 0 Å². The molecule has 1 heterocycles. The molecule has 1 aliphatic rings. The summed E-state index contributed by atoms with van der Waals surface area (Å²) in [5.74, 6) is 0.832. The molecule has 1 N–H and O–H groups in total. The third-order valence-corrected chi connectivity index (χ3v) is 3.55. The van der Waals surface area contributed by atoms with Crippen molar-refractivity contribution in [1.29, 1.82) is 0 Å². The summed E-state index contributed by atoms with van der Waals surface area (Å²) in [5.41, 5.74) is 2.08. The molecule has 0 amide bonds. The van der Waals surface area contributed by atoms with Crippen LogP contribution in [0.4, 0.5) is 5.69 Å². The number of isothiocyanates is 1. The van der Waals surface area contributed by atoms with Crippen LogP contribution in [0.3, 0.4) is 0 Å². The van der Waals surface area contributed by atoms with E-state index in [1.54, 1.807) is 23.9 Å². The molecule has 0 aliphatic carbocycles. The second kappa shape index (κ2) is 6.47. The van der Waals surface area contributed by atoms with Gasteiger partial charge < -0.3 is 5.32 Å². The van der Waals surface area contributed by atoms with E-state index < -0.39 is 4.92 Å². The van der Waals surface area contributed by atoms with Crippen molar-refractivity contribution < 1.29 is 4.92 Å². The van der Waals surface area contributed by atoms with Gasteiger partial charge in [-0.3, -0.25) is 10.1 Å². The van der Waals surface area contributed by atoms with Crippen LogP contribution >= 0.6 is 24.0 Å². The van der Waals surface area contributed by atoms with E-state index >= 15 is 0 Å². The van der Waals surface area contributed by atoms with E-state index in [1.165, 1.54) is 12.1 Å². The molecule has 98 valence electrons. The van der Waals surface area contributed by atoms with Crippen LogP contribution < -0.4 is 5.32 Å². The number of hydrogen-bond acceptors (Lipinski definition) is 6. The van der Waals surface area contributed by atoms with E-state index in [9.17, 15) is 10.1 Å². The van der Waals surface area contributed by atoms with Crippen LogP contribution in [0.25, 0.3) is 0 Å². The first kappa shape index (κ1) is 13.7. The van der Waals surface area contributed by atoms with E-state index in [2.05, 4.69) is 27.7 Å². The van der Waals surface area contributed by atoms with E-state index in [-0.39, 0.29) is 11.7 Å². The van der Waals surface area contributed by atoms with Crippen molar-refractivity contribution >= 4 is 34.8 Å². The Morgan fingerprint density at radius 1 is 1.53 bits per heavy atom. The lowest BCUT2D eigenvalue weighted by Gasteiger charge is -2.12. The Labute approximate surface area is 120 Å². The molecule has 19 heavy (non-hydrogen) atoms. The number of benzene rings is 1. The molecule has 1 aliphatic heterocycles. The van der Waals surface area contributed by atoms with Crippen LogP contribution in [0.15, 0.2) is 40.4 Å². The molecule has 0 saturated carbocycles. The van der Waals surface area contributed by atoms with Crippen molar-refractivity contribution in [3.05, 3.63) is 51.0 Å². The molecule has 0 spiro atoms. The highest BCUT2D eigenvalue weighted by Gasteiger charge is 2.17. The lowest BCUT2D eigenvalue weighted by atomic mass is 10.0. The average molecular weight is 293 g/mol. The molecular weight excluding hydrogens is 282 g/mol. The SMILES string of the molecule is O=[N+]([O-])c1ccc(C[C@H](N=C=S)C2=CSCN2)cc1. The van der Waals surface area contributed by atoms with Gasteiger partial charge in [-0.15, -0.1) is 11.8 Å². The van der Waals surface area contributed by atoms with Crippen LogP contribution in [-0.4, -0.2) is 22.0 Å². The lowest BCUT2D eigenvalue weighted by Crippen LogP contribution is -2.21. The fourth-order valence-electron chi connectivity index (χ4n) is 1.76. The standard InChI is InChI=1S/C12H11N3O2S2/c16-15(17)10-3-1-9(2-4-10)5-11(13-7-18)12-6-19-8-14-12/h1-4,6,11,14H,5,8H2/t11-/m0/s1. The van der Waals surface area contributed by atoms with E-state index in [1.807, 2.05) is 5.41 Å². The fraction of sp³-hybridized carbons (Fsp3) is 0.250. The number of thioether (sulfide) groups is 1. The van der Waals surface area contributed by atoms with E-state index in [0.717, 1.165) is 17.1 Å². The molecular formula is C12H11N3O2S2. The first-order valence-corrected chi connectivity index (χ1v) is 7.02. The van der Waals surface area contributed by atoms with Gasteiger partial charge >= 0.3 is 0 Å². The van der Waals surface area contributed by atoms with Gasteiger partial charge in [0.25, 0.3) is 5.69 Å². The topological polar surface area (TPSA) is 67.5 Å². The van der Waals surface area contributed by atoms with Crippen molar-refractivity contribution in [1.82, 2.24) is 5.32 Å². The number of rotatable bonds is 5. The Morgan fingerprint density at radius 2 is 2.26 bits per heavy atom. The summed E-state index contributed by atoms with van der Waals surface area (Å²) < 4.78 is 0. The molecule has 0 bridgehead atoms. The fourth-order valence-corrected chi connectivity index (χ4v) is 2.64. The van der Waals surface area contributed by atoms with Crippen LogP contribution in [0.2, 0.25) is 0 Å². The summed E-state index contributed by atoms with van der Waals surface area (Å²) in [7, 11) is 0. The molecule has 7 heteroatoms. The third kappa shape index (κ3) is 3.64. The first-order valence-electron chi connectivity index (χ1n) is 5.56. The van der Waals surface area contributed by atoms with Gasteiger partial charge in [0, 0.05) is 24.3 Å². The Kier molecular flexibility index (Phi) is 4.68. The number of hydrogen-bond donors (Lipinski definition) is 1. The van der Waals surface area contributed by atoms with Crippen molar-refractivity contribution in [2.24, 2.45) is 4.99 Å². The van der Waals surface area contributed by atoms with Gasteiger partial charge in [-0.2, -0.15) is 0 Å². The van der Waals surface area contributed by atoms with Crippen LogP contribution in [0, 0.1) is 10.1 Å². The normalized spacial score (nSPS) is 15.1. The summed E-state index contributed by atoms with van der Waals surface area (Å²) in [6.45, 7) is 0. The van der Waals surface area contributed by atoms with E-state index in [4.69, 9.17) is 0 Å². The number of nitrogens with one attached hydrogen (secondary N) is 1. The first-order chi connectivity index (χ1) is 9.20. The maximum Gasteiger partial charge on any atom is 0.269 e. The summed E-state index contributed by atoms with van der Waals surface area (Å²) in [4.78, 5) is 14.3. The minimum absolute atomic E-state index is 0.0902. The van der Waals surface area contributed by atoms with Crippen LogP contribution in [0.5, 0.6) is 0 Å². The minimum atomic E-state index is -0.409. The van der Waals surface area contributed by atoms with Gasteiger partial charge in [0.1, 0.15) is 6.04 Å². The molecule has 1 aromatic rings. The average Bonchev–Trinajstić information content (AvgIpc) is 2.92. The Hall–Kier alpha value is -1.69. The predicted octanol–water partition coefficient (Wildman–Crippen LogP) is 2.74. The Balaban J connectivity index is 2.12. The lowest BCUT2D eigenvalue weighted by molar-refractivity contribution is -0.384. The highest BCUT2D eigenvalue weighted by atomic mass is 32.2. The summed E-state index contributed by atoms with van der Waals surface area (Å²) in [5, 5.41) is 18.2. The van der Waals surface area contributed by atoms with Crippen LogP contribution in [-0.2, 0) is 6.42 Å². The molecule has 2 rings (SSSR count). The zero-order chi connectivity index (χ0) is 13.7. The minimum Gasteiger partial charge on any atom is -0.377 e. The number of nitrogens with zero attached hydrogens (tertiary/aromatic N) is 2. The van der Waals surface area contributed by atoms with Crippen molar-refractivity contribution in [3.63, 3.8) is 0 Å². The van der Waals surface area contributed by atoms with Crippen molar-refractivity contribution in [3.8, 4) is 0 Å². The number of nitro groups is 1. The second-order valence-electron chi connectivity index (χ2n) is 3.92. The molecule has 0 fully saturated rings. The molecule has 0 radical (unpaired) electrons. The van der Waals surface area contributed by atoms with Crippen LogP contribution in [0.1, 0.15) is 5.56 Å². The quantitative estimate of drug-likeness (QED) is 0.391. The molecule has 1 aromatic carbocycles. The van der Waals surface area contributed by atoms with Gasteiger partial charge in [-0.1, -0.05) is 12.1 Å². The predicted molar refractivity (Wildman–Crippen MR) is 79.3 cm³/mol. The zero-order valence-corrected chi connectivity index (χ0v) is 11.5. The third-order valence-electron chi connectivity index (χ3n) is 2.71. The maximum atomic E-state index is 10.6. The van der Waals surface area contributed by atoms with Crippen molar-refractivity contribution in [2.45, 2.75) is 12.5 Å².